The molecule has 1 aliphatic heterocycles. The van der Waals surface area contributed by atoms with E-state index in [2.05, 4.69) is 162 Å². The van der Waals surface area contributed by atoms with E-state index in [1.807, 2.05) is 0 Å². The number of hydrogen-bond acceptors (Lipinski definition) is 1. The predicted octanol–water partition coefficient (Wildman–Crippen LogP) is 8.33. The molecule has 0 radical (unpaired) electrons. The molecule has 2 N–H and O–H groups in total. The molecule has 7 aromatic rings. The van der Waals surface area contributed by atoms with Crippen LogP contribution in [0.2, 0.25) is 0 Å². The van der Waals surface area contributed by atoms with E-state index in [0.29, 0.717) is 0 Å². The van der Waals surface area contributed by atoms with Gasteiger partial charge in [-0.25, -0.2) is 4.99 Å². The summed E-state index contributed by atoms with van der Waals surface area (Å²) in [5.74, 6) is 0. The van der Waals surface area contributed by atoms with Crippen LogP contribution in [-0.4, -0.2) is 10.3 Å². The number of aliphatic imine (C=N–C) groups is 1. The van der Waals surface area contributed by atoms with Crippen molar-refractivity contribution in [2.24, 2.45) is 4.99 Å². The van der Waals surface area contributed by atoms with E-state index >= 15 is 0 Å². The molecule has 1 aromatic heterocycles. The van der Waals surface area contributed by atoms with Gasteiger partial charge in [-0.2, -0.15) is 0 Å². The van der Waals surface area contributed by atoms with Crippen LogP contribution < -0.4 is 5.32 Å². The number of benzene rings is 6. The van der Waals surface area contributed by atoms with Crippen LogP contribution >= 0.6 is 0 Å². The van der Waals surface area contributed by atoms with Gasteiger partial charge < -0.3 is 0 Å². The summed E-state index contributed by atoms with van der Waals surface area (Å²) in [4.78, 5) is 5.42. The second-order valence-corrected chi connectivity index (χ2v) is 10.6. The second-order valence-electron chi connectivity index (χ2n) is 10.6. The van der Waals surface area contributed by atoms with Gasteiger partial charge in [0.15, 0.2) is 0 Å². The summed E-state index contributed by atoms with van der Waals surface area (Å²) in [7, 11) is 0. The third-order valence-electron chi connectivity index (χ3n) is 8.13. The van der Waals surface area contributed by atoms with Crippen molar-refractivity contribution in [3.8, 4) is 22.3 Å². The van der Waals surface area contributed by atoms with Gasteiger partial charge in [0.2, 0.25) is 0 Å². The maximum absolute atomic E-state index is 5.42. The fourth-order valence-electron chi connectivity index (χ4n) is 6.17. The van der Waals surface area contributed by atoms with Crippen LogP contribution in [-0.2, 0) is 0 Å². The van der Waals surface area contributed by atoms with Crippen molar-refractivity contribution in [2.75, 3.05) is 0 Å². The van der Waals surface area contributed by atoms with Crippen LogP contribution in [0.5, 0.6) is 0 Å². The molecule has 0 saturated carbocycles. The van der Waals surface area contributed by atoms with Gasteiger partial charge >= 0.3 is 0 Å². The fraction of sp³-hybridized carbons (Fsp3) is 0.0263. The van der Waals surface area contributed by atoms with Gasteiger partial charge in [0.1, 0.15) is 5.69 Å². The van der Waals surface area contributed by atoms with Crippen LogP contribution in [0.1, 0.15) is 17.4 Å². The third-order valence-corrected chi connectivity index (χ3v) is 8.13. The highest BCUT2D eigenvalue weighted by molar-refractivity contribution is 6.16. The molecule has 1 unspecified atom stereocenters. The second kappa shape index (κ2) is 9.74. The van der Waals surface area contributed by atoms with Gasteiger partial charge in [-0.15, -0.1) is 0 Å². The molecule has 6 aromatic carbocycles. The molecule has 1 atom stereocenters. The van der Waals surface area contributed by atoms with Gasteiger partial charge in [-0.05, 0) is 58.7 Å². The number of quaternary nitrogens is 1. The maximum Gasteiger partial charge on any atom is 0.269 e. The fourth-order valence-corrected chi connectivity index (χ4v) is 6.17. The maximum atomic E-state index is 5.42. The summed E-state index contributed by atoms with van der Waals surface area (Å²) < 4.78 is 2.41. The monoisotopic (exact) mass is 526 g/mol. The lowest BCUT2D eigenvalue weighted by atomic mass is 9.99. The molecule has 8 rings (SSSR count). The first-order valence-electron chi connectivity index (χ1n) is 14.1. The van der Waals surface area contributed by atoms with Gasteiger partial charge in [0, 0.05) is 16.3 Å². The highest BCUT2D eigenvalue weighted by atomic mass is 15.3. The van der Waals surface area contributed by atoms with E-state index in [4.69, 9.17) is 4.99 Å². The summed E-state index contributed by atoms with van der Waals surface area (Å²) in [6, 6.07) is 54.1. The number of nitrogens with zero attached hydrogens (tertiary/aromatic N) is 2. The number of rotatable bonds is 4. The lowest BCUT2D eigenvalue weighted by molar-refractivity contribution is -0.633. The van der Waals surface area contributed by atoms with Crippen molar-refractivity contribution < 1.29 is 5.32 Å². The van der Waals surface area contributed by atoms with E-state index in [1.165, 1.54) is 55.3 Å². The summed E-state index contributed by atoms with van der Waals surface area (Å²) in [6.45, 7) is 0. The molecule has 0 amide bonds. The van der Waals surface area contributed by atoms with Gasteiger partial charge in [0.25, 0.3) is 6.29 Å². The zero-order valence-corrected chi connectivity index (χ0v) is 22.5. The third kappa shape index (κ3) is 4.07. The minimum atomic E-state index is -0.176. The Balaban J connectivity index is 1.38. The molecular weight excluding hydrogens is 498 g/mol. The Morgan fingerprint density at radius 2 is 0.951 bits per heavy atom. The molecule has 3 heteroatoms. The standard InChI is InChI=1S/C38H27N3/c1-4-12-26(13-5-1)29-20-22-35-32(24-29)33-25-30(27-14-6-2-7-15-27)21-23-36(33)41(35)38-39-34-19-11-10-18-31(34)37(40-38)28-16-8-3-9-17-28/h1-25,38-39H/p+1. The number of hydrogen-bond donors (Lipinski definition) is 1. The summed E-state index contributed by atoms with van der Waals surface area (Å²) in [5, 5.41) is 4.78. The molecule has 2 heterocycles. The topological polar surface area (TPSA) is 33.9 Å². The molecule has 0 aliphatic carbocycles. The van der Waals surface area contributed by atoms with Gasteiger partial charge in [-0.1, -0.05) is 115 Å². The number of fused-ring (bicyclic) bond motifs is 4. The number of para-hydroxylation sites is 1. The van der Waals surface area contributed by atoms with Crippen LogP contribution in [0.4, 0.5) is 5.69 Å². The van der Waals surface area contributed by atoms with Crippen molar-refractivity contribution >= 4 is 33.2 Å². The quantitative estimate of drug-likeness (QED) is 0.224. The van der Waals surface area contributed by atoms with E-state index in [-0.39, 0.29) is 6.29 Å². The zero-order chi connectivity index (χ0) is 27.2. The average Bonchev–Trinajstić information content (AvgIpc) is 3.38. The molecule has 194 valence electrons. The summed E-state index contributed by atoms with van der Waals surface area (Å²) in [5.41, 5.74) is 11.8. The molecule has 0 bridgehead atoms. The zero-order valence-electron chi connectivity index (χ0n) is 22.5. The Morgan fingerprint density at radius 3 is 1.51 bits per heavy atom. The Hall–Kier alpha value is -5.25. The smallest absolute Gasteiger partial charge is 0.269 e. The lowest BCUT2D eigenvalue weighted by Gasteiger charge is -2.23. The Labute approximate surface area is 239 Å². The van der Waals surface area contributed by atoms with Crippen molar-refractivity contribution in [2.45, 2.75) is 6.29 Å². The highest BCUT2D eigenvalue weighted by Crippen LogP contribution is 2.37. The number of nitrogens with two attached hydrogens (primary N) is 1. The van der Waals surface area contributed by atoms with E-state index in [9.17, 15) is 0 Å². The normalized spacial score (nSPS) is 14.6. The summed E-state index contributed by atoms with van der Waals surface area (Å²) in [6.07, 6.45) is -0.176. The van der Waals surface area contributed by atoms with Crippen LogP contribution in [0.15, 0.2) is 157 Å². The Bertz CT molecular complexity index is 1960. The first-order valence-corrected chi connectivity index (χ1v) is 14.1. The summed E-state index contributed by atoms with van der Waals surface area (Å²) >= 11 is 0. The lowest BCUT2D eigenvalue weighted by Crippen LogP contribution is -2.82. The SMILES string of the molecule is c1ccc(C2=NC(n3c4ccc(-c5ccccc5)cc4c4cc(-c5ccccc5)ccc43)[NH2+]c3ccccc32)cc1. The van der Waals surface area contributed by atoms with E-state index in [0.717, 1.165) is 11.3 Å². The van der Waals surface area contributed by atoms with Crippen LogP contribution in [0, 0.1) is 0 Å². The molecule has 3 nitrogen and oxygen atoms in total. The Kier molecular flexibility index (Phi) is 5.61. The van der Waals surface area contributed by atoms with Crippen molar-refractivity contribution in [3.05, 3.63) is 163 Å². The van der Waals surface area contributed by atoms with Crippen molar-refractivity contribution in [3.63, 3.8) is 0 Å². The first kappa shape index (κ1) is 23.6. The average molecular weight is 527 g/mol. The highest BCUT2D eigenvalue weighted by Gasteiger charge is 2.29. The Morgan fingerprint density at radius 1 is 0.463 bits per heavy atom. The molecule has 41 heavy (non-hydrogen) atoms. The first-order chi connectivity index (χ1) is 20.3. The predicted molar refractivity (Wildman–Crippen MR) is 169 cm³/mol. The minimum absolute atomic E-state index is 0.176. The van der Waals surface area contributed by atoms with Gasteiger partial charge in [0.05, 0.1) is 22.3 Å². The van der Waals surface area contributed by atoms with E-state index < -0.39 is 0 Å². The van der Waals surface area contributed by atoms with Crippen LogP contribution in [0.25, 0.3) is 44.1 Å². The van der Waals surface area contributed by atoms with Crippen molar-refractivity contribution in [1.82, 2.24) is 4.57 Å². The van der Waals surface area contributed by atoms with Crippen LogP contribution in [0.3, 0.4) is 0 Å². The molecule has 0 saturated heterocycles. The van der Waals surface area contributed by atoms with Crippen molar-refractivity contribution in [1.29, 1.82) is 0 Å². The molecule has 0 spiro atoms. The van der Waals surface area contributed by atoms with E-state index in [1.54, 1.807) is 0 Å². The van der Waals surface area contributed by atoms with Gasteiger partial charge in [-0.3, -0.25) is 9.88 Å². The molecule has 0 fully saturated rings. The largest absolute Gasteiger partial charge is 0.274 e. The molecule has 1 aliphatic rings. The minimum Gasteiger partial charge on any atom is -0.274 e. The number of aromatic nitrogens is 1. The molecular formula is C38H28N3+.